The molecule has 0 saturated carbocycles. The summed E-state index contributed by atoms with van der Waals surface area (Å²) in [6, 6.07) is 6.42. The van der Waals surface area contributed by atoms with Gasteiger partial charge in [-0.2, -0.15) is 5.10 Å². The Balaban J connectivity index is 2.43. The van der Waals surface area contributed by atoms with Crippen LogP contribution in [0.15, 0.2) is 35.4 Å². The van der Waals surface area contributed by atoms with Gasteiger partial charge in [-0.25, -0.2) is 4.68 Å². The van der Waals surface area contributed by atoms with Crippen LogP contribution in [0.25, 0.3) is 5.69 Å². The van der Waals surface area contributed by atoms with Gasteiger partial charge < -0.3 is 5.73 Å². The third-order valence-electron chi connectivity index (χ3n) is 2.54. The van der Waals surface area contributed by atoms with Gasteiger partial charge in [0, 0.05) is 6.07 Å². The molecule has 1 aromatic carbocycles. The Morgan fingerprint density at radius 2 is 2.21 bits per heavy atom. The van der Waals surface area contributed by atoms with Gasteiger partial charge in [-0.3, -0.25) is 10.1 Å². The molecular weight excluding hydrogens is 264 g/mol. The van der Waals surface area contributed by atoms with Crippen molar-refractivity contribution in [3.8, 4) is 5.69 Å². The van der Waals surface area contributed by atoms with E-state index in [0.29, 0.717) is 11.5 Å². The predicted molar refractivity (Wildman–Crippen MR) is 75.6 cm³/mol. The van der Waals surface area contributed by atoms with Crippen LogP contribution < -0.4 is 5.73 Å². The molecule has 7 heteroatoms. The van der Waals surface area contributed by atoms with E-state index in [0.717, 1.165) is 17.1 Å². The number of nitro benzene ring substituents is 1. The van der Waals surface area contributed by atoms with Gasteiger partial charge in [0.2, 0.25) is 0 Å². The molecule has 0 spiro atoms. The highest BCUT2D eigenvalue weighted by atomic mass is 32.2. The molecule has 0 aliphatic rings. The van der Waals surface area contributed by atoms with Crippen molar-refractivity contribution in [1.29, 1.82) is 0 Å². The second kappa shape index (κ2) is 5.75. The van der Waals surface area contributed by atoms with E-state index in [4.69, 9.17) is 5.73 Å². The SMILES string of the molecule is CCCSc1cnn(-c2ccccc2[N+](=O)[O-])c1N. The molecule has 0 fully saturated rings. The van der Waals surface area contributed by atoms with Crippen LogP contribution in [-0.4, -0.2) is 20.5 Å². The van der Waals surface area contributed by atoms with Crippen LogP contribution in [0.3, 0.4) is 0 Å². The Morgan fingerprint density at radius 3 is 2.89 bits per heavy atom. The van der Waals surface area contributed by atoms with Gasteiger partial charge in [-0.05, 0) is 18.2 Å². The van der Waals surface area contributed by atoms with Crippen molar-refractivity contribution < 1.29 is 4.92 Å². The number of nitrogens with zero attached hydrogens (tertiary/aromatic N) is 3. The van der Waals surface area contributed by atoms with E-state index in [-0.39, 0.29) is 5.69 Å². The topological polar surface area (TPSA) is 87.0 Å². The predicted octanol–water partition coefficient (Wildman–Crippen LogP) is 2.86. The molecule has 6 nitrogen and oxygen atoms in total. The van der Waals surface area contributed by atoms with E-state index in [1.165, 1.54) is 10.7 Å². The molecule has 1 aromatic heterocycles. The van der Waals surface area contributed by atoms with Crippen LogP contribution in [0.4, 0.5) is 11.5 Å². The van der Waals surface area contributed by atoms with E-state index in [1.807, 2.05) is 0 Å². The van der Waals surface area contributed by atoms with Crippen molar-refractivity contribution in [2.24, 2.45) is 0 Å². The molecule has 0 unspecified atom stereocenters. The molecule has 0 amide bonds. The van der Waals surface area contributed by atoms with Crippen molar-refractivity contribution in [2.45, 2.75) is 18.2 Å². The zero-order chi connectivity index (χ0) is 13.8. The number of anilines is 1. The summed E-state index contributed by atoms with van der Waals surface area (Å²) in [6.45, 7) is 2.08. The number of hydrogen-bond acceptors (Lipinski definition) is 5. The normalized spacial score (nSPS) is 10.6. The maximum atomic E-state index is 11.0. The first-order chi connectivity index (χ1) is 9.15. The minimum atomic E-state index is -0.435. The fourth-order valence-corrected chi connectivity index (χ4v) is 2.44. The number of thioether (sulfide) groups is 1. The molecule has 19 heavy (non-hydrogen) atoms. The molecule has 2 aromatic rings. The smallest absolute Gasteiger partial charge is 0.294 e. The van der Waals surface area contributed by atoms with E-state index >= 15 is 0 Å². The third-order valence-corrected chi connectivity index (χ3v) is 3.78. The van der Waals surface area contributed by atoms with Gasteiger partial charge in [-0.15, -0.1) is 11.8 Å². The largest absolute Gasteiger partial charge is 0.383 e. The molecule has 0 bridgehead atoms. The molecule has 1 heterocycles. The summed E-state index contributed by atoms with van der Waals surface area (Å²) < 4.78 is 1.41. The number of aromatic nitrogens is 2. The fourth-order valence-electron chi connectivity index (χ4n) is 1.66. The van der Waals surface area contributed by atoms with E-state index in [9.17, 15) is 10.1 Å². The number of rotatable bonds is 5. The summed E-state index contributed by atoms with van der Waals surface area (Å²) in [7, 11) is 0. The van der Waals surface area contributed by atoms with Gasteiger partial charge in [0.1, 0.15) is 11.5 Å². The Kier molecular flexibility index (Phi) is 4.06. The highest BCUT2D eigenvalue weighted by Gasteiger charge is 2.18. The Hall–Kier alpha value is -2.02. The van der Waals surface area contributed by atoms with E-state index < -0.39 is 4.92 Å². The van der Waals surface area contributed by atoms with Crippen LogP contribution >= 0.6 is 11.8 Å². The van der Waals surface area contributed by atoms with Crippen LogP contribution in [0.5, 0.6) is 0 Å². The van der Waals surface area contributed by atoms with Gasteiger partial charge in [0.25, 0.3) is 5.69 Å². The van der Waals surface area contributed by atoms with Crippen molar-refractivity contribution >= 4 is 23.3 Å². The lowest BCUT2D eigenvalue weighted by atomic mass is 10.3. The average molecular weight is 278 g/mol. The maximum absolute atomic E-state index is 11.0. The second-order valence-corrected chi connectivity index (χ2v) is 5.04. The lowest BCUT2D eigenvalue weighted by molar-refractivity contribution is -0.384. The zero-order valence-electron chi connectivity index (χ0n) is 10.4. The highest BCUT2D eigenvalue weighted by molar-refractivity contribution is 7.99. The lowest BCUT2D eigenvalue weighted by Gasteiger charge is -2.05. The molecule has 0 atom stereocenters. The molecule has 0 radical (unpaired) electrons. The van der Waals surface area contributed by atoms with E-state index in [1.54, 1.807) is 36.2 Å². The quantitative estimate of drug-likeness (QED) is 0.516. The molecular formula is C12H14N4O2S. The lowest BCUT2D eigenvalue weighted by Crippen LogP contribution is -2.05. The second-order valence-electron chi connectivity index (χ2n) is 3.90. The number of nitrogens with two attached hydrogens (primary N) is 1. The minimum Gasteiger partial charge on any atom is -0.383 e. The van der Waals surface area contributed by atoms with Crippen molar-refractivity contribution in [3.05, 3.63) is 40.6 Å². The first-order valence-electron chi connectivity index (χ1n) is 5.85. The summed E-state index contributed by atoms with van der Waals surface area (Å²) in [5.41, 5.74) is 6.38. The fraction of sp³-hybridized carbons (Fsp3) is 0.250. The number of hydrogen-bond donors (Lipinski definition) is 1. The first kappa shape index (κ1) is 13.4. The van der Waals surface area contributed by atoms with E-state index in [2.05, 4.69) is 12.0 Å². The molecule has 100 valence electrons. The number of nitro groups is 1. The van der Waals surface area contributed by atoms with Crippen molar-refractivity contribution in [2.75, 3.05) is 11.5 Å². The Morgan fingerprint density at radius 1 is 1.47 bits per heavy atom. The van der Waals surface area contributed by atoms with Crippen molar-refractivity contribution in [3.63, 3.8) is 0 Å². The standard InChI is InChI=1S/C12H14N4O2S/c1-2-7-19-11-8-14-15(12(11)13)9-5-3-4-6-10(9)16(17)18/h3-6,8H,2,7,13H2,1H3. The van der Waals surface area contributed by atoms with Crippen LogP contribution in [0, 0.1) is 10.1 Å². The van der Waals surface area contributed by atoms with Crippen molar-refractivity contribution in [1.82, 2.24) is 9.78 Å². The Labute approximate surface area is 114 Å². The van der Waals surface area contributed by atoms with Crippen LogP contribution in [0.1, 0.15) is 13.3 Å². The first-order valence-corrected chi connectivity index (χ1v) is 6.83. The Bertz CT molecular complexity index is 597. The summed E-state index contributed by atoms with van der Waals surface area (Å²) in [5, 5.41) is 15.2. The molecule has 0 aliphatic heterocycles. The summed E-state index contributed by atoms with van der Waals surface area (Å²) in [6.07, 6.45) is 2.67. The minimum absolute atomic E-state index is 0.00987. The highest BCUT2D eigenvalue weighted by Crippen LogP contribution is 2.30. The molecule has 0 saturated heterocycles. The number of para-hydroxylation sites is 2. The van der Waals surface area contributed by atoms with Gasteiger partial charge >= 0.3 is 0 Å². The summed E-state index contributed by atoms with van der Waals surface area (Å²) >= 11 is 1.60. The molecule has 2 N–H and O–H groups in total. The van der Waals surface area contributed by atoms with Gasteiger partial charge in [0.15, 0.2) is 0 Å². The number of nitrogen functional groups attached to an aromatic ring is 1. The molecule has 2 rings (SSSR count). The number of benzene rings is 1. The summed E-state index contributed by atoms with van der Waals surface area (Å²) in [5.74, 6) is 1.38. The average Bonchev–Trinajstić information content (AvgIpc) is 2.77. The molecule has 0 aliphatic carbocycles. The third kappa shape index (κ3) is 2.70. The van der Waals surface area contributed by atoms with Gasteiger partial charge in [0.05, 0.1) is 16.0 Å². The van der Waals surface area contributed by atoms with Crippen LogP contribution in [-0.2, 0) is 0 Å². The maximum Gasteiger partial charge on any atom is 0.294 e. The zero-order valence-corrected chi connectivity index (χ0v) is 11.3. The van der Waals surface area contributed by atoms with Crippen LogP contribution in [0.2, 0.25) is 0 Å². The van der Waals surface area contributed by atoms with Gasteiger partial charge in [-0.1, -0.05) is 19.1 Å². The monoisotopic (exact) mass is 278 g/mol. The summed E-state index contributed by atoms with van der Waals surface area (Å²) in [4.78, 5) is 11.4.